The highest BCUT2D eigenvalue weighted by atomic mass is 35.5. The van der Waals surface area contributed by atoms with Gasteiger partial charge in [-0.1, -0.05) is 23.7 Å². The Balaban J connectivity index is 0.00000342. The second kappa shape index (κ2) is 11.1. The van der Waals surface area contributed by atoms with Gasteiger partial charge >= 0.3 is 0 Å². The molecule has 3 aromatic rings. The fraction of sp³-hybridized carbons (Fsp3) is 0.348. The predicted molar refractivity (Wildman–Crippen MR) is 136 cm³/mol. The molecule has 0 radical (unpaired) electrons. The van der Waals surface area contributed by atoms with Crippen LogP contribution < -0.4 is 25.8 Å². The Kier molecular flexibility index (Phi) is 8.42. The molecular formula is C23H27Cl2FN6O3. The molecule has 1 aliphatic heterocycles. The lowest BCUT2D eigenvalue weighted by Crippen LogP contribution is -2.49. The highest BCUT2D eigenvalue weighted by molar-refractivity contribution is 6.37. The second-order valence-electron chi connectivity index (χ2n) is 7.96. The number of carbonyl (C=O) groups is 1. The maximum Gasteiger partial charge on any atom is 0.228 e. The summed E-state index contributed by atoms with van der Waals surface area (Å²) in [6.07, 6.45) is 0.141. The molecule has 9 nitrogen and oxygen atoms in total. The molecule has 12 heteroatoms. The Morgan fingerprint density at radius 2 is 1.80 bits per heavy atom. The number of ether oxygens (including phenoxy) is 2. The highest BCUT2D eigenvalue weighted by Gasteiger charge is 2.26. The summed E-state index contributed by atoms with van der Waals surface area (Å²) in [4.78, 5) is 25.5. The van der Waals surface area contributed by atoms with E-state index in [-0.39, 0.29) is 41.4 Å². The molecule has 2 heterocycles. The molecule has 0 aliphatic carbocycles. The van der Waals surface area contributed by atoms with Crippen LogP contribution in [-0.4, -0.2) is 61.2 Å². The number of aromatic nitrogens is 2. The summed E-state index contributed by atoms with van der Waals surface area (Å²) in [5.41, 5.74) is 13.5. The SMILES string of the molecule is COc1cc2c(N)nc(N3CCN(C(=O)CC(N)c4ccc(F)cc4)CC3)nc2c(Cl)c1OC.Cl. The van der Waals surface area contributed by atoms with Crippen LogP contribution in [0.2, 0.25) is 5.02 Å². The summed E-state index contributed by atoms with van der Waals surface area (Å²) in [5.74, 6) is 1.10. The lowest BCUT2D eigenvalue weighted by molar-refractivity contribution is -0.131. The van der Waals surface area contributed by atoms with Crippen LogP contribution in [0.4, 0.5) is 16.2 Å². The van der Waals surface area contributed by atoms with E-state index in [1.165, 1.54) is 26.4 Å². The van der Waals surface area contributed by atoms with Gasteiger partial charge in [-0.25, -0.2) is 9.37 Å². The first-order valence-corrected chi connectivity index (χ1v) is 11.1. The summed E-state index contributed by atoms with van der Waals surface area (Å²) in [6.45, 7) is 2.01. The number of nitrogens with zero attached hydrogens (tertiary/aromatic N) is 4. The minimum atomic E-state index is -0.496. The zero-order valence-corrected chi connectivity index (χ0v) is 20.9. The van der Waals surface area contributed by atoms with Crippen LogP contribution in [0.15, 0.2) is 30.3 Å². The van der Waals surface area contributed by atoms with E-state index < -0.39 is 6.04 Å². The van der Waals surface area contributed by atoms with Crippen LogP contribution in [-0.2, 0) is 4.79 Å². The Morgan fingerprint density at radius 1 is 1.14 bits per heavy atom. The van der Waals surface area contributed by atoms with Crippen molar-refractivity contribution >= 4 is 52.6 Å². The van der Waals surface area contributed by atoms with Gasteiger partial charge in [0.15, 0.2) is 11.5 Å². The number of anilines is 2. The number of hydrogen-bond acceptors (Lipinski definition) is 8. The average Bonchev–Trinajstić information content (AvgIpc) is 2.84. The maximum absolute atomic E-state index is 13.1. The summed E-state index contributed by atoms with van der Waals surface area (Å²) in [7, 11) is 3.01. The van der Waals surface area contributed by atoms with Gasteiger partial charge in [-0.2, -0.15) is 4.98 Å². The molecule has 0 saturated carbocycles. The first-order chi connectivity index (χ1) is 16.3. The van der Waals surface area contributed by atoms with E-state index in [0.717, 1.165) is 5.56 Å². The lowest BCUT2D eigenvalue weighted by atomic mass is 10.0. The number of fused-ring (bicyclic) bond motifs is 1. The molecule has 1 atom stereocenters. The van der Waals surface area contributed by atoms with Gasteiger partial charge in [-0.15, -0.1) is 12.4 Å². The van der Waals surface area contributed by atoms with Gasteiger partial charge in [0.2, 0.25) is 11.9 Å². The predicted octanol–water partition coefficient (Wildman–Crippen LogP) is 3.18. The van der Waals surface area contributed by atoms with Gasteiger partial charge in [0.1, 0.15) is 22.2 Å². The third kappa shape index (κ3) is 5.44. The Hall–Kier alpha value is -3.08. The van der Waals surface area contributed by atoms with Gasteiger partial charge in [0.25, 0.3) is 0 Å². The van der Waals surface area contributed by atoms with E-state index in [1.807, 2.05) is 4.90 Å². The fourth-order valence-corrected chi connectivity index (χ4v) is 4.29. The number of benzene rings is 2. The molecule has 1 fully saturated rings. The smallest absolute Gasteiger partial charge is 0.228 e. The first-order valence-electron chi connectivity index (χ1n) is 10.7. The van der Waals surface area contributed by atoms with Crippen LogP contribution in [0.3, 0.4) is 0 Å². The number of nitrogen functional groups attached to an aromatic ring is 1. The largest absolute Gasteiger partial charge is 0.493 e. The Labute approximate surface area is 213 Å². The van der Waals surface area contributed by atoms with Crippen molar-refractivity contribution in [3.05, 3.63) is 46.7 Å². The summed E-state index contributed by atoms with van der Waals surface area (Å²) in [5, 5.41) is 0.853. The normalized spacial score (nSPS) is 14.4. The van der Waals surface area contributed by atoms with Crippen molar-refractivity contribution in [3.63, 3.8) is 0 Å². The molecule has 2 aromatic carbocycles. The number of piperazine rings is 1. The third-order valence-corrected chi connectivity index (χ3v) is 6.25. The van der Waals surface area contributed by atoms with Gasteiger partial charge in [0, 0.05) is 44.0 Å². The van der Waals surface area contributed by atoms with Crippen molar-refractivity contribution in [1.29, 1.82) is 0 Å². The van der Waals surface area contributed by atoms with E-state index in [4.69, 9.17) is 32.5 Å². The van der Waals surface area contributed by atoms with Crippen LogP contribution in [0, 0.1) is 5.82 Å². The van der Waals surface area contributed by atoms with Gasteiger partial charge in [-0.3, -0.25) is 4.79 Å². The molecule has 188 valence electrons. The summed E-state index contributed by atoms with van der Waals surface area (Å²) >= 11 is 6.53. The van der Waals surface area contributed by atoms with Crippen molar-refractivity contribution in [3.8, 4) is 11.5 Å². The number of hydrogen-bond donors (Lipinski definition) is 2. The van der Waals surface area contributed by atoms with Gasteiger partial charge in [-0.05, 0) is 23.8 Å². The molecular weight excluding hydrogens is 498 g/mol. The number of amides is 1. The van der Waals surface area contributed by atoms with Crippen molar-refractivity contribution < 1.29 is 18.7 Å². The number of methoxy groups -OCH3 is 2. The standard InChI is InChI=1S/C23H26ClFN6O3.ClH/c1-33-17-11-15-20(19(24)21(17)34-2)28-23(29-22(15)27)31-9-7-30(8-10-31)18(32)12-16(26)13-3-5-14(25)6-4-13;/h3-6,11,16H,7-10,12,26H2,1-2H3,(H2,27,28,29);1H. The van der Waals surface area contributed by atoms with Crippen molar-refractivity contribution in [2.24, 2.45) is 5.73 Å². The van der Waals surface area contributed by atoms with E-state index >= 15 is 0 Å². The number of carbonyl (C=O) groups excluding carboxylic acids is 1. The molecule has 35 heavy (non-hydrogen) atoms. The molecule has 0 spiro atoms. The van der Waals surface area contributed by atoms with Crippen LogP contribution in [0.25, 0.3) is 10.9 Å². The van der Waals surface area contributed by atoms with E-state index in [9.17, 15) is 9.18 Å². The Bertz CT molecular complexity index is 1210. The number of halogens is 3. The summed E-state index contributed by atoms with van der Waals surface area (Å²) < 4.78 is 23.8. The number of rotatable bonds is 6. The summed E-state index contributed by atoms with van der Waals surface area (Å²) in [6, 6.07) is 7.08. The lowest BCUT2D eigenvalue weighted by Gasteiger charge is -2.35. The minimum absolute atomic E-state index is 0. The third-order valence-electron chi connectivity index (χ3n) is 5.90. The molecule has 1 unspecified atom stereocenters. The van der Waals surface area contributed by atoms with Gasteiger partial charge < -0.3 is 30.7 Å². The van der Waals surface area contributed by atoms with Gasteiger partial charge in [0.05, 0.1) is 14.2 Å². The zero-order chi connectivity index (χ0) is 24.4. The topological polar surface area (TPSA) is 120 Å². The number of nitrogens with two attached hydrogens (primary N) is 2. The van der Waals surface area contributed by atoms with E-state index in [1.54, 1.807) is 23.1 Å². The molecule has 1 saturated heterocycles. The van der Waals surface area contributed by atoms with Crippen LogP contribution in [0.5, 0.6) is 11.5 Å². The first kappa shape index (κ1) is 26.5. The van der Waals surface area contributed by atoms with Crippen LogP contribution >= 0.6 is 24.0 Å². The van der Waals surface area contributed by atoms with Crippen LogP contribution in [0.1, 0.15) is 18.0 Å². The molecule has 1 amide bonds. The quantitative estimate of drug-likeness (QED) is 0.504. The molecule has 4 N–H and O–H groups in total. The highest BCUT2D eigenvalue weighted by Crippen LogP contribution is 2.42. The monoisotopic (exact) mass is 524 g/mol. The fourth-order valence-electron chi connectivity index (χ4n) is 3.98. The average molecular weight is 525 g/mol. The molecule has 4 rings (SSSR count). The van der Waals surface area contributed by atoms with E-state index in [0.29, 0.717) is 54.5 Å². The zero-order valence-electron chi connectivity index (χ0n) is 19.3. The van der Waals surface area contributed by atoms with E-state index in [2.05, 4.69) is 9.97 Å². The van der Waals surface area contributed by atoms with Crippen molar-refractivity contribution in [2.75, 3.05) is 51.0 Å². The maximum atomic E-state index is 13.1. The van der Waals surface area contributed by atoms with Crippen molar-refractivity contribution in [2.45, 2.75) is 12.5 Å². The second-order valence-corrected chi connectivity index (χ2v) is 8.34. The molecule has 1 aromatic heterocycles. The molecule has 0 bridgehead atoms. The Morgan fingerprint density at radius 3 is 2.40 bits per heavy atom. The molecule has 1 aliphatic rings. The minimum Gasteiger partial charge on any atom is -0.493 e. The van der Waals surface area contributed by atoms with Crippen molar-refractivity contribution in [1.82, 2.24) is 14.9 Å².